The molecule has 0 spiro atoms. The maximum atomic E-state index is 14.8. The number of methoxy groups -OCH3 is 1. The molecule has 0 amide bonds. The maximum Gasteiger partial charge on any atom is 0.303 e. The minimum Gasteiger partial charge on any atom is -0.497 e. The summed E-state index contributed by atoms with van der Waals surface area (Å²) in [6.45, 7) is 6.59. The first-order chi connectivity index (χ1) is 17.6. The van der Waals surface area contributed by atoms with Crippen molar-refractivity contribution in [2.24, 2.45) is 5.92 Å². The van der Waals surface area contributed by atoms with Crippen molar-refractivity contribution >= 4 is 5.97 Å². The molecule has 1 atom stereocenters. The highest BCUT2D eigenvalue weighted by molar-refractivity contribution is 5.70. The largest absolute Gasteiger partial charge is 0.497 e. The molecule has 1 aliphatic carbocycles. The number of ether oxygens (including phenoxy) is 3. The number of carboxylic acid groups (broad SMARTS) is 1. The van der Waals surface area contributed by atoms with Crippen LogP contribution < -0.4 is 9.47 Å². The zero-order valence-corrected chi connectivity index (χ0v) is 21.9. The topological polar surface area (TPSA) is 65.0 Å². The Bertz CT molecular complexity index is 1240. The Kier molecular flexibility index (Phi) is 8.18. The van der Waals surface area contributed by atoms with E-state index in [1.807, 2.05) is 63.2 Å². The van der Waals surface area contributed by atoms with Gasteiger partial charge in [-0.3, -0.25) is 4.79 Å². The second-order valence-corrected chi connectivity index (χ2v) is 10.6. The van der Waals surface area contributed by atoms with Crippen molar-refractivity contribution < 1.29 is 28.5 Å². The molecule has 0 aromatic heterocycles. The maximum absolute atomic E-state index is 14.8. The van der Waals surface area contributed by atoms with Crippen LogP contribution >= 0.6 is 0 Å². The molecular weight excluding hydrogens is 471 g/mol. The summed E-state index contributed by atoms with van der Waals surface area (Å²) in [4.78, 5) is 11.4. The average molecular weight is 507 g/mol. The van der Waals surface area contributed by atoms with Gasteiger partial charge < -0.3 is 19.3 Å². The van der Waals surface area contributed by atoms with Gasteiger partial charge in [-0.1, -0.05) is 24.3 Å². The normalized spacial score (nSPS) is 14.3. The van der Waals surface area contributed by atoms with E-state index in [0.29, 0.717) is 36.2 Å². The fraction of sp³-hybridized carbons (Fsp3) is 0.387. The van der Waals surface area contributed by atoms with Crippen molar-refractivity contribution in [3.05, 3.63) is 83.2 Å². The van der Waals surface area contributed by atoms with Crippen LogP contribution in [0.25, 0.3) is 11.1 Å². The summed E-state index contributed by atoms with van der Waals surface area (Å²) >= 11 is 0. The van der Waals surface area contributed by atoms with Crippen molar-refractivity contribution in [2.45, 2.75) is 64.8 Å². The number of aliphatic carboxylic acids is 1. The van der Waals surface area contributed by atoms with Crippen LogP contribution in [0.15, 0.2) is 60.7 Å². The summed E-state index contributed by atoms with van der Waals surface area (Å²) in [7, 11) is 1.56. The number of hydrogen-bond acceptors (Lipinski definition) is 4. The van der Waals surface area contributed by atoms with Gasteiger partial charge in [0.15, 0.2) is 0 Å². The highest BCUT2D eigenvalue weighted by Gasteiger charge is 2.33. The summed E-state index contributed by atoms with van der Waals surface area (Å²) in [6, 6.07) is 18.3. The van der Waals surface area contributed by atoms with E-state index in [4.69, 9.17) is 14.2 Å². The van der Waals surface area contributed by atoms with Gasteiger partial charge >= 0.3 is 5.97 Å². The fourth-order valence-electron chi connectivity index (χ4n) is 4.50. The summed E-state index contributed by atoms with van der Waals surface area (Å²) < 4.78 is 32.3. The number of carboxylic acids is 1. The van der Waals surface area contributed by atoms with Crippen molar-refractivity contribution in [2.75, 3.05) is 7.11 Å². The first-order valence-corrected chi connectivity index (χ1v) is 12.7. The van der Waals surface area contributed by atoms with Crippen LogP contribution in [-0.4, -0.2) is 23.8 Å². The molecule has 0 heterocycles. The highest BCUT2D eigenvalue weighted by atomic mass is 19.1. The van der Waals surface area contributed by atoms with Crippen molar-refractivity contribution in [1.29, 1.82) is 0 Å². The number of carbonyl (C=O) groups is 1. The molecule has 37 heavy (non-hydrogen) atoms. The van der Waals surface area contributed by atoms with Gasteiger partial charge in [-0.25, -0.2) is 4.39 Å². The van der Waals surface area contributed by atoms with Gasteiger partial charge in [0, 0.05) is 5.56 Å². The smallest absolute Gasteiger partial charge is 0.303 e. The van der Waals surface area contributed by atoms with Gasteiger partial charge in [0.05, 0.1) is 25.7 Å². The third-order valence-corrected chi connectivity index (χ3v) is 6.57. The molecule has 0 radical (unpaired) electrons. The first kappa shape index (κ1) is 26.7. The molecule has 3 aromatic rings. The standard InChI is InChI=1S/C31H35FO5/c1-31(2,3)37-19-23-14-20(8-12-26(23)28-16-24(35-4)11-13-29(28)32)18-36-25-7-5-6-22(15-25)27(17-30(33)34)21-9-10-21/h5-8,11-16,21,27H,9-10,17-19H2,1-4H3,(H,33,34)/t27-/m1/s1. The number of benzene rings is 3. The van der Waals surface area contributed by atoms with E-state index < -0.39 is 5.97 Å². The molecule has 4 rings (SSSR count). The molecule has 1 N–H and O–H groups in total. The minimum atomic E-state index is -0.777. The Balaban J connectivity index is 1.56. The number of rotatable bonds is 11. The van der Waals surface area contributed by atoms with Crippen molar-refractivity contribution in [1.82, 2.24) is 0 Å². The lowest BCUT2D eigenvalue weighted by Gasteiger charge is -2.22. The molecule has 1 saturated carbocycles. The summed E-state index contributed by atoms with van der Waals surface area (Å²) in [5.74, 6) is 0.620. The van der Waals surface area contributed by atoms with Gasteiger partial charge in [0.1, 0.15) is 23.9 Å². The molecule has 0 unspecified atom stereocenters. The van der Waals surface area contributed by atoms with Crippen LogP contribution in [0, 0.1) is 11.7 Å². The van der Waals surface area contributed by atoms with Gasteiger partial charge in [-0.15, -0.1) is 0 Å². The summed E-state index contributed by atoms with van der Waals surface area (Å²) in [6.07, 6.45) is 2.28. The fourth-order valence-corrected chi connectivity index (χ4v) is 4.50. The van der Waals surface area contributed by atoms with Crippen LogP contribution in [0.1, 0.15) is 62.6 Å². The Hall–Kier alpha value is -3.38. The zero-order valence-electron chi connectivity index (χ0n) is 21.9. The predicted molar refractivity (Wildman–Crippen MR) is 141 cm³/mol. The zero-order chi connectivity index (χ0) is 26.6. The van der Waals surface area contributed by atoms with Crippen LogP contribution in [-0.2, 0) is 22.7 Å². The lowest BCUT2D eigenvalue weighted by atomic mass is 9.91. The van der Waals surface area contributed by atoms with Gasteiger partial charge in [0.2, 0.25) is 0 Å². The Labute approximate surface area is 218 Å². The number of halogens is 1. The van der Waals surface area contributed by atoms with Crippen LogP contribution in [0.4, 0.5) is 4.39 Å². The van der Waals surface area contributed by atoms with Gasteiger partial charge in [-0.2, -0.15) is 0 Å². The lowest BCUT2D eigenvalue weighted by molar-refractivity contribution is -0.137. The third kappa shape index (κ3) is 7.32. The second-order valence-electron chi connectivity index (χ2n) is 10.6. The average Bonchev–Trinajstić information content (AvgIpc) is 3.70. The Morgan fingerprint density at radius 1 is 1.00 bits per heavy atom. The van der Waals surface area contributed by atoms with E-state index in [0.717, 1.165) is 35.1 Å². The van der Waals surface area contributed by atoms with Gasteiger partial charge in [-0.05, 0) is 104 Å². The van der Waals surface area contributed by atoms with E-state index in [9.17, 15) is 14.3 Å². The van der Waals surface area contributed by atoms with E-state index in [1.165, 1.54) is 6.07 Å². The molecule has 1 fully saturated rings. The first-order valence-electron chi connectivity index (χ1n) is 12.7. The van der Waals surface area contributed by atoms with E-state index in [-0.39, 0.29) is 23.8 Å². The molecule has 0 saturated heterocycles. The molecule has 1 aliphatic rings. The van der Waals surface area contributed by atoms with Crippen LogP contribution in [0.5, 0.6) is 11.5 Å². The van der Waals surface area contributed by atoms with E-state index >= 15 is 0 Å². The monoisotopic (exact) mass is 506 g/mol. The summed E-state index contributed by atoms with van der Waals surface area (Å²) in [5, 5.41) is 9.34. The van der Waals surface area contributed by atoms with Crippen molar-refractivity contribution in [3.63, 3.8) is 0 Å². The van der Waals surface area contributed by atoms with Crippen molar-refractivity contribution in [3.8, 4) is 22.6 Å². The number of hydrogen-bond donors (Lipinski definition) is 1. The Morgan fingerprint density at radius 2 is 1.78 bits per heavy atom. The molecule has 5 nitrogen and oxygen atoms in total. The predicted octanol–water partition coefficient (Wildman–Crippen LogP) is 7.36. The van der Waals surface area contributed by atoms with Crippen LogP contribution in [0.3, 0.4) is 0 Å². The van der Waals surface area contributed by atoms with E-state index in [1.54, 1.807) is 19.2 Å². The van der Waals surface area contributed by atoms with Crippen LogP contribution in [0.2, 0.25) is 0 Å². The molecule has 0 aliphatic heterocycles. The minimum absolute atomic E-state index is 0.0132. The highest BCUT2D eigenvalue weighted by Crippen LogP contribution is 2.45. The molecular formula is C31H35FO5. The van der Waals surface area contributed by atoms with E-state index in [2.05, 4.69) is 0 Å². The SMILES string of the molecule is COc1ccc(F)c(-c2ccc(COc3cccc([C@H](CC(=O)O)C4CC4)c3)cc2COC(C)(C)C)c1. The Morgan fingerprint density at radius 3 is 2.46 bits per heavy atom. The van der Waals surface area contributed by atoms with Gasteiger partial charge in [0.25, 0.3) is 0 Å². The lowest BCUT2D eigenvalue weighted by Crippen LogP contribution is -2.19. The molecule has 3 aromatic carbocycles. The molecule has 0 bridgehead atoms. The molecule has 196 valence electrons. The summed E-state index contributed by atoms with van der Waals surface area (Å²) in [5.41, 5.74) is 3.63. The quantitative estimate of drug-likeness (QED) is 0.294. The molecule has 6 heteroatoms. The third-order valence-electron chi connectivity index (χ3n) is 6.57. The second kappa shape index (κ2) is 11.3.